The summed E-state index contributed by atoms with van der Waals surface area (Å²) < 4.78 is 0. The van der Waals surface area contributed by atoms with Gasteiger partial charge in [0.15, 0.2) is 0 Å². The number of amides is 2. The van der Waals surface area contributed by atoms with E-state index in [1.807, 2.05) is 30.3 Å². The van der Waals surface area contributed by atoms with Crippen molar-refractivity contribution in [3.63, 3.8) is 0 Å². The van der Waals surface area contributed by atoms with Crippen molar-refractivity contribution in [2.75, 3.05) is 18.4 Å². The summed E-state index contributed by atoms with van der Waals surface area (Å²) in [5.74, 6) is 0.673. The Balaban J connectivity index is 1.48. The molecule has 0 bridgehead atoms. The fourth-order valence-electron chi connectivity index (χ4n) is 3.56. The minimum Gasteiger partial charge on any atom is -0.324 e. The molecule has 0 spiro atoms. The van der Waals surface area contributed by atoms with E-state index in [4.69, 9.17) is 0 Å². The average Bonchev–Trinajstić information content (AvgIpc) is 2.67. The van der Waals surface area contributed by atoms with Gasteiger partial charge < -0.3 is 15.2 Å². The quantitative estimate of drug-likeness (QED) is 0.732. The van der Waals surface area contributed by atoms with Gasteiger partial charge in [0, 0.05) is 42.3 Å². The van der Waals surface area contributed by atoms with E-state index < -0.39 is 0 Å². The Morgan fingerprint density at radius 1 is 1.30 bits per heavy atom. The van der Waals surface area contributed by atoms with Crippen LogP contribution in [0.1, 0.15) is 30.3 Å². The lowest BCUT2D eigenvalue weighted by Gasteiger charge is -2.32. The number of benzene rings is 1. The lowest BCUT2D eigenvalue weighted by molar-refractivity contribution is 0.192. The van der Waals surface area contributed by atoms with E-state index >= 15 is 0 Å². The molecule has 1 fully saturated rings. The van der Waals surface area contributed by atoms with Crippen LogP contribution in [0.4, 0.5) is 10.5 Å². The summed E-state index contributed by atoms with van der Waals surface area (Å²) in [5.41, 5.74) is 2.17. The van der Waals surface area contributed by atoms with Crippen molar-refractivity contribution in [1.82, 2.24) is 19.9 Å². The third-order valence-electron chi connectivity index (χ3n) is 4.86. The van der Waals surface area contributed by atoms with Gasteiger partial charge in [-0.2, -0.15) is 0 Å². The normalized spacial score (nSPS) is 17.1. The fraction of sp³-hybridized carbons (Fsp3) is 0.300. The van der Waals surface area contributed by atoms with Crippen molar-refractivity contribution in [1.29, 1.82) is 0 Å². The van der Waals surface area contributed by atoms with Crippen LogP contribution in [-0.2, 0) is 0 Å². The smallest absolute Gasteiger partial charge is 0.321 e. The second kappa shape index (κ2) is 7.19. The number of urea groups is 1. The SMILES string of the molecule is Cc1nc([C@H]2CCCN(C(=O)Nc3ccc4cccnc4c3)C2)cc(=O)[nH]1. The minimum absolute atomic E-state index is 0.0729. The summed E-state index contributed by atoms with van der Waals surface area (Å²) >= 11 is 0. The van der Waals surface area contributed by atoms with Crippen molar-refractivity contribution in [3.8, 4) is 0 Å². The third-order valence-corrected chi connectivity index (χ3v) is 4.86. The highest BCUT2D eigenvalue weighted by Crippen LogP contribution is 2.25. The number of aromatic amines is 1. The van der Waals surface area contributed by atoms with Crippen molar-refractivity contribution in [3.05, 3.63) is 64.5 Å². The first kappa shape index (κ1) is 17.2. The highest BCUT2D eigenvalue weighted by molar-refractivity contribution is 5.92. The van der Waals surface area contributed by atoms with Gasteiger partial charge in [0.1, 0.15) is 5.82 Å². The first-order chi connectivity index (χ1) is 13.1. The minimum atomic E-state index is -0.150. The summed E-state index contributed by atoms with van der Waals surface area (Å²) in [4.78, 5) is 37.7. The number of pyridine rings is 1. The molecule has 1 aromatic carbocycles. The van der Waals surface area contributed by atoms with Crippen LogP contribution in [0.15, 0.2) is 47.4 Å². The van der Waals surface area contributed by atoms with E-state index in [-0.39, 0.29) is 17.5 Å². The van der Waals surface area contributed by atoms with E-state index in [1.165, 1.54) is 6.07 Å². The lowest BCUT2D eigenvalue weighted by Crippen LogP contribution is -2.42. The topological polar surface area (TPSA) is 91.0 Å². The van der Waals surface area contributed by atoms with Gasteiger partial charge in [-0.3, -0.25) is 9.78 Å². The van der Waals surface area contributed by atoms with Crippen LogP contribution in [-0.4, -0.2) is 39.0 Å². The number of hydrogen-bond acceptors (Lipinski definition) is 4. The first-order valence-electron chi connectivity index (χ1n) is 9.07. The number of rotatable bonds is 2. The summed E-state index contributed by atoms with van der Waals surface area (Å²) in [6, 6.07) is 11.0. The number of nitrogens with one attached hydrogen (secondary N) is 2. The molecule has 0 saturated carbocycles. The maximum absolute atomic E-state index is 12.7. The number of aromatic nitrogens is 3. The summed E-state index contributed by atoms with van der Waals surface area (Å²) in [5, 5.41) is 3.99. The van der Waals surface area contributed by atoms with Crippen LogP contribution in [0.3, 0.4) is 0 Å². The van der Waals surface area contributed by atoms with Crippen molar-refractivity contribution >= 4 is 22.6 Å². The van der Waals surface area contributed by atoms with Crippen LogP contribution >= 0.6 is 0 Å². The monoisotopic (exact) mass is 363 g/mol. The molecule has 1 aliphatic rings. The van der Waals surface area contributed by atoms with Gasteiger partial charge in [0.05, 0.1) is 11.2 Å². The Hall–Kier alpha value is -3.22. The number of nitrogens with zero attached hydrogens (tertiary/aromatic N) is 3. The molecule has 1 aliphatic heterocycles. The number of likely N-dealkylation sites (tertiary alicyclic amines) is 1. The molecule has 7 nitrogen and oxygen atoms in total. The Morgan fingerprint density at radius 3 is 3.04 bits per heavy atom. The molecule has 2 aromatic heterocycles. The highest BCUT2D eigenvalue weighted by atomic mass is 16.2. The van der Waals surface area contributed by atoms with Crippen LogP contribution in [0.2, 0.25) is 0 Å². The fourth-order valence-corrected chi connectivity index (χ4v) is 3.56. The molecule has 2 N–H and O–H groups in total. The standard InChI is InChI=1S/C20H21N5O2/c1-13-22-18(11-19(26)23-13)15-5-3-9-25(12-15)20(27)24-16-7-6-14-4-2-8-21-17(14)10-16/h2,4,6-8,10-11,15H,3,5,9,12H2,1H3,(H,24,27)(H,22,23,26)/t15-/m0/s1. The number of anilines is 1. The molecule has 2 amide bonds. The molecule has 0 aliphatic carbocycles. The molecule has 3 heterocycles. The molecule has 0 radical (unpaired) electrons. The Kier molecular flexibility index (Phi) is 4.58. The second-order valence-corrected chi connectivity index (χ2v) is 6.88. The number of hydrogen-bond donors (Lipinski definition) is 2. The van der Waals surface area contributed by atoms with Crippen LogP contribution in [0.25, 0.3) is 10.9 Å². The zero-order valence-electron chi connectivity index (χ0n) is 15.1. The van der Waals surface area contributed by atoms with Crippen LogP contribution in [0.5, 0.6) is 0 Å². The van der Waals surface area contributed by atoms with Gasteiger partial charge >= 0.3 is 6.03 Å². The number of aryl methyl sites for hydroxylation is 1. The van der Waals surface area contributed by atoms with E-state index in [2.05, 4.69) is 20.3 Å². The Morgan fingerprint density at radius 2 is 2.19 bits per heavy atom. The van der Waals surface area contributed by atoms with E-state index in [0.717, 1.165) is 35.1 Å². The second-order valence-electron chi connectivity index (χ2n) is 6.88. The van der Waals surface area contributed by atoms with Crippen molar-refractivity contribution < 1.29 is 4.79 Å². The summed E-state index contributed by atoms with van der Waals surface area (Å²) in [6.07, 6.45) is 3.53. The molecular formula is C20H21N5O2. The van der Waals surface area contributed by atoms with Gasteiger partial charge in [-0.25, -0.2) is 9.78 Å². The molecule has 138 valence electrons. The molecule has 0 unspecified atom stereocenters. The maximum atomic E-state index is 12.7. The number of H-pyrrole nitrogens is 1. The van der Waals surface area contributed by atoms with Gasteiger partial charge in [0.25, 0.3) is 5.56 Å². The molecule has 7 heteroatoms. The summed E-state index contributed by atoms with van der Waals surface area (Å²) in [7, 11) is 0. The predicted molar refractivity (Wildman–Crippen MR) is 104 cm³/mol. The molecular weight excluding hydrogens is 342 g/mol. The predicted octanol–water partition coefficient (Wildman–Crippen LogP) is 3.04. The van der Waals surface area contributed by atoms with Gasteiger partial charge in [-0.05, 0) is 38.0 Å². The highest BCUT2D eigenvalue weighted by Gasteiger charge is 2.26. The number of fused-ring (bicyclic) bond motifs is 1. The van der Waals surface area contributed by atoms with E-state index in [1.54, 1.807) is 18.0 Å². The molecule has 1 atom stereocenters. The van der Waals surface area contributed by atoms with Crippen LogP contribution in [0, 0.1) is 6.92 Å². The lowest BCUT2D eigenvalue weighted by atomic mass is 9.94. The zero-order valence-corrected chi connectivity index (χ0v) is 15.1. The van der Waals surface area contributed by atoms with E-state index in [9.17, 15) is 9.59 Å². The van der Waals surface area contributed by atoms with Crippen molar-refractivity contribution in [2.24, 2.45) is 0 Å². The molecule has 3 aromatic rings. The summed E-state index contributed by atoms with van der Waals surface area (Å²) in [6.45, 7) is 3.01. The Bertz CT molecular complexity index is 1050. The Labute approximate surface area is 156 Å². The molecule has 1 saturated heterocycles. The van der Waals surface area contributed by atoms with E-state index in [0.29, 0.717) is 18.9 Å². The maximum Gasteiger partial charge on any atom is 0.321 e. The van der Waals surface area contributed by atoms with Gasteiger partial charge in [0.2, 0.25) is 0 Å². The van der Waals surface area contributed by atoms with Crippen molar-refractivity contribution in [2.45, 2.75) is 25.7 Å². The van der Waals surface area contributed by atoms with Crippen LogP contribution < -0.4 is 10.9 Å². The number of carbonyl (C=O) groups excluding carboxylic acids is 1. The van der Waals surface area contributed by atoms with Gasteiger partial charge in [-0.1, -0.05) is 12.1 Å². The number of carbonyl (C=O) groups is 1. The molecule has 4 rings (SSSR count). The number of piperidine rings is 1. The van der Waals surface area contributed by atoms with Gasteiger partial charge in [-0.15, -0.1) is 0 Å². The average molecular weight is 363 g/mol. The third kappa shape index (κ3) is 3.81. The first-order valence-corrected chi connectivity index (χ1v) is 9.07. The zero-order chi connectivity index (χ0) is 18.8. The largest absolute Gasteiger partial charge is 0.324 e. The molecule has 27 heavy (non-hydrogen) atoms.